The molecule has 0 rings (SSSR count). The van der Waals surface area contributed by atoms with Gasteiger partial charge in [-0.1, -0.05) is 132 Å². The number of esters is 2. The van der Waals surface area contributed by atoms with Crippen LogP contribution in [0.2, 0.25) is 0 Å². The van der Waals surface area contributed by atoms with Gasteiger partial charge in [0.15, 0.2) is 6.10 Å². The molecular weight excluding hydrogens is 725 g/mol. The van der Waals surface area contributed by atoms with Crippen LogP contribution < -0.4 is 4.89 Å². The van der Waals surface area contributed by atoms with Gasteiger partial charge >= 0.3 is 11.9 Å². The molecule has 0 aromatic rings. The molecule has 10 heteroatoms. The van der Waals surface area contributed by atoms with Crippen molar-refractivity contribution in [1.29, 1.82) is 0 Å². The maximum atomic E-state index is 12.7. The summed E-state index contributed by atoms with van der Waals surface area (Å²) in [6.45, 7) is 4.01. The fourth-order valence-corrected chi connectivity index (χ4v) is 6.05. The first kappa shape index (κ1) is 53.5. The largest absolute Gasteiger partial charge is 0.756 e. The molecular formula is C46H80NO8P. The number of phosphoric ester groups is 1. The van der Waals surface area contributed by atoms with Crippen molar-refractivity contribution in [2.45, 2.75) is 161 Å². The molecule has 0 aliphatic carbocycles. The lowest BCUT2D eigenvalue weighted by atomic mass is 10.1. The number of carbonyl (C=O) groups excluding carboxylic acids is 2. The number of phosphoric acid groups is 1. The van der Waals surface area contributed by atoms with Crippen molar-refractivity contribution >= 4 is 19.8 Å². The second-order valence-corrected chi connectivity index (χ2v) is 16.7. The summed E-state index contributed by atoms with van der Waals surface area (Å²) in [5, 5.41) is 0. The first-order valence-electron chi connectivity index (χ1n) is 21.6. The lowest BCUT2D eigenvalue weighted by molar-refractivity contribution is -0.870. The standard InChI is InChI=1S/C46H80NO8P/c1-6-8-10-12-14-16-18-20-22-23-25-27-29-31-33-35-37-39-46(49)55-44(43-54-56(50,51)53-41-40-47(3,4)5)42-52-45(48)38-36-34-32-30-28-26-24-21-19-17-15-13-11-9-7-2/h9,11,14-17,20-22,24,28,30,44H,6-8,10,12-13,18-19,23,25-27,29,31-43H2,1-5H3/b11-9-,16-14-,17-15-,22-20-,24-21-,30-28-/t44-/m1/s1. The number of allylic oxidation sites excluding steroid dienone is 12. The van der Waals surface area contributed by atoms with Crippen molar-refractivity contribution in [3.8, 4) is 0 Å². The Morgan fingerprint density at radius 2 is 1.02 bits per heavy atom. The Balaban J connectivity index is 4.46. The molecule has 0 heterocycles. The van der Waals surface area contributed by atoms with Crippen LogP contribution in [-0.4, -0.2) is 70.0 Å². The van der Waals surface area contributed by atoms with Crippen LogP contribution in [0.25, 0.3) is 0 Å². The van der Waals surface area contributed by atoms with E-state index in [4.69, 9.17) is 18.5 Å². The fourth-order valence-electron chi connectivity index (χ4n) is 5.32. The molecule has 0 bridgehead atoms. The first-order chi connectivity index (χ1) is 27.0. The van der Waals surface area contributed by atoms with Gasteiger partial charge < -0.3 is 27.9 Å². The van der Waals surface area contributed by atoms with Gasteiger partial charge in [0.1, 0.15) is 19.8 Å². The predicted molar refractivity (Wildman–Crippen MR) is 231 cm³/mol. The van der Waals surface area contributed by atoms with Crippen molar-refractivity contribution in [3.63, 3.8) is 0 Å². The predicted octanol–water partition coefficient (Wildman–Crippen LogP) is 11.6. The zero-order valence-corrected chi connectivity index (χ0v) is 36.9. The van der Waals surface area contributed by atoms with Crippen LogP contribution in [0.1, 0.15) is 155 Å². The molecule has 322 valence electrons. The molecule has 0 amide bonds. The topological polar surface area (TPSA) is 111 Å². The molecule has 0 aliphatic heterocycles. The van der Waals surface area contributed by atoms with Crippen LogP contribution >= 0.6 is 7.82 Å². The Hall–Kier alpha value is -2.55. The Bertz CT molecular complexity index is 1180. The zero-order chi connectivity index (χ0) is 41.4. The zero-order valence-electron chi connectivity index (χ0n) is 36.1. The molecule has 1 unspecified atom stereocenters. The average molecular weight is 806 g/mol. The summed E-state index contributed by atoms with van der Waals surface area (Å²) in [4.78, 5) is 37.5. The molecule has 56 heavy (non-hydrogen) atoms. The molecule has 0 N–H and O–H groups in total. The number of ether oxygens (including phenoxy) is 2. The fraction of sp³-hybridized carbons (Fsp3) is 0.696. The summed E-state index contributed by atoms with van der Waals surface area (Å²) < 4.78 is 33.8. The van der Waals surface area contributed by atoms with Crippen molar-refractivity contribution in [2.75, 3.05) is 47.5 Å². The van der Waals surface area contributed by atoms with Crippen LogP contribution in [0.3, 0.4) is 0 Å². The van der Waals surface area contributed by atoms with Gasteiger partial charge in [0.05, 0.1) is 27.7 Å². The summed E-state index contributed by atoms with van der Waals surface area (Å²) in [7, 11) is 1.12. The number of carbonyl (C=O) groups is 2. The van der Waals surface area contributed by atoms with Gasteiger partial charge in [-0.2, -0.15) is 0 Å². The van der Waals surface area contributed by atoms with E-state index >= 15 is 0 Å². The number of hydrogen-bond donors (Lipinski definition) is 0. The maximum absolute atomic E-state index is 12.7. The smallest absolute Gasteiger partial charge is 0.306 e. The molecule has 0 aromatic carbocycles. The van der Waals surface area contributed by atoms with E-state index in [1.165, 1.54) is 44.9 Å². The molecule has 0 fully saturated rings. The van der Waals surface area contributed by atoms with Gasteiger partial charge in [-0.25, -0.2) is 0 Å². The number of quaternary nitrogens is 1. The van der Waals surface area contributed by atoms with Crippen LogP contribution in [0, 0.1) is 0 Å². The normalized spacial score (nSPS) is 14.3. The molecule has 0 aromatic heterocycles. The molecule has 2 atom stereocenters. The van der Waals surface area contributed by atoms with Crippen LogP contribution in [-0.2, 0) is 32.7 Å². The summed E-state index contributed by atoms with van der Waals surface area (Å²) in [6, 6.07) is 0. The van der Waals surface area contributed by atoms with Crippen molar-refractivity contribution in [2.24, 2.45) is 0 Å². The Morgan fingerprint density at radius 3 is 1.55 bits per heavy atom. The van der Waals surface area contributed by atoms with Crippen LogP contribution in [0.15, 0.2) is 72.9 Å². The number of likely N-dealkylation sites (N-methyl/N-ethyl adjacent to an activating group) is 1. The van der Waals surface area contributed by atoms with E-state index in [2.05, 4.69) is 86.8 Å². The lowest BCUT2D eigenvalue weighted by Gasteiger charge is -2.28. The van der Waals surface area contributed by atoms with E-state index in [0.29, 0.717) is 23.9 Å². The van der Waals surface area contributed by atoms with Crippen LogP contribution in [0.5, 0.6) is 0 Å². The average Bonchev–Trinajstić information content (AvgIpc) is 3.15. The van der Waals surface area contributed by atoms with Gasteiger partial charge in [-0.05, 0) is 83.5 Å². The summed E-state index contributed by atoms with van der Waals surface area (Å²) in [6.07, 6.45) is 46.4. The molecule has 0 aliphatic rings. The van der Waals surface area contributed by atoms with E-state index in [0.717, 1.165) is 70.6 Å². The van der Waals surface area contributed by atoms with Gasteiger partial charge in [-0.15, -0.1) is 0 Å². The van der Waals surface area contributed by atoms with Crippen molar-refractivity contribution < 1.29 is 42.1 Å². The second kappa shape index (κ2) is 38.0. The highest BCUT2D eigenvalue weighted by Gasteiger charge is 2.21. The highest BCUT2D eigenvalue weighted by atomic mass is 31.2. The Morgan fingerprint density at radius 1 is 0.571 bits per heavy atom. The monoisotopic (exact) mass is 806 g/mol. The van der Waals surface area contributed by atoms with E-state index in [-0.39, 0.29) is 26.1 Å². The van der Waals surface area contributed by atoms with Crippen molar-refractivity contribution in [1.82, 2.24) is 0 Å². The van der Waals surface area contributed by atoms with Gasteiger partial charge in [0.25, 0.3) is 7.82 Å². The van der Waals surface area contributed by atoms with Gasteiger partial charge in [0, 0.05) is 12.8 Å². The van der Waals surface area contributed by atoms with Gasteiger partial charge in [-0.3, -0.25) is 14.2 Å². The molecule has 0 spiro atoms. The minimum absolute atomic E-state index is 0.0429. The molecule has 0 radical (unpaired) electrons. The number of rotatable bonds is 38. The number of nitrogens with zero attached hydrogens (tertiary/aromatic N) is 1. The minimum Gasteiger partial charge on any atom is -0.756 e. The molecule has 0 saturated carbocycles. The van der Waals surface area contributed by atoms with E-state index in [1.54, 1.807) is 0 Å². The Labute approximate surface area is 342 Å². The van der Waals surface area contributed by atoms with Crippen LogP contribution in [0.4, 0.5) is 0 Å². The Kier molecular flexibility index (Phi) is 36.3. The SMILES string of the molecule is CC/C=C\C/C=C\C/C=C\C/C=C\CCCCC(=O)OC[C@H](COP(=O)([O-])OCC[N+](C)(C)C)OC(=O)CCCCCCCCC/C=C\C/C=C\CCCCC. The second-order valence-electron chi connectivity index (χ2n) is 15.3. The highest BCUT2D eigenvalue weighted by molar-refractivity contribution is 7.45. The summed E-state index contributed by atoms with van der Waals surface area (Å²) in [5.74, 6) is -0.899. The minimum atomic E-state index is -4.64. The number of hydrogen-bond acceptors (Lipinski definition) is 8. The van der Waals surface area contributed by atoms with Gasteiger partial charge in [0.2, 0.25) is 0 Å². The third-order valence-electron chi connectivity index (χ3n) is 8.71. The summed E-state index contributed by atoms with van der Waals surface area (Å²) in [5.41, 5.74) is 0. The van der Waals surface area contributed by atoms with E-state index < -0.39 is 32.5 Å². The highest BCUT2D eigenvalue weighted by Crippen LogP contribution is 2.38. The van der Waals surface area contributed by atoms with Crippen molar-refractivity contribution in [3.05, 3.63) is 72.9 Å². The van der Waals surface area contributed by atoms with E-state index in [1.807, 2.05) is 21.1 Å². The third kappa shape index (κ3) is 41.1. The third-order valence-corrected chi connectivity index (χ3v) is 9.67. The van der Waals surface area contributed by atoms with E-state index in [9.17, 15) is 19.0 Å². The first-order valence-corrected chi connectivity index (χ1v) is 23.1. The molecule has 0 saturated heterocycles. The summed E-state index contributed by atoms with van der Waals surface area (Å²) >= 11 is 0. The number of unbranched alkanes of at least 4 members (excludes halogenated alkanes) is 12. The lowest BCUT2D eigenvalue weighted by Crippen LogP contribution is -2.37. The maximum Gasteiger partial charge on any atom is 0.306 e. The molecule has 9 nitrogen and oxygen atoms in total. The quantitative estimate of drug-likeness (QED) is 0.0199.